The lowest BCUT2D eigenvalue weighted by Gasteiger charge is -2.04. The van der Waals surface area contributed by atoms with E-state index in [4.69, 9.17) is 19.9 Å². The van der Waals surface area contributed by atoms with Crippen molar-refractivity contribution in [2.45, 2.75) is 6.42 Å². The highest BCUT2D eigenvalue weighted by atomic mass is 16.6. The minimum Gasteiger partial charge on any atom is -0.460 e. The van der Waals surface area contributed by atoms with Crippen molar-refractivity contribution in [3.63, 3.8) is 0 Å². The number of ether oxygens (including phenoxy) is 3. The van der Waals surface area contributed by atoms with E-state index in [0.29, 0.717) is 25.5 Å². The summed E-state index contributed by atoms with van der Waals surface area (Å²) in [6, 6.07) is 7.26. The van der Waals surface area contributed by atoms with Gasteiger partial charge in [-0.05, 0) is 30.2 Å². The molecule has 0 fully saturated rings. The second kappa shape index (κ2) is 10.00. The molecule has 0 saturated heterocycles. The molecule has 0 aromatic heterocycles. The number of carbonyl (C=O) groups is 1. The molecule has 20 heavy (non-hydrogen) atoms. The maximum atomic E-state index is 11.4. The van der Waals surface area contributed by atoms with Gasteiger partial charge in [-0.15, -0.1) is 0 Å². The van der Waals surface area contributed by atoms with Gasteiger partial charge in [0.25, 0.3) is 0 Å². The summed E-state index contributed by atoms with van der Waals surface area (Å²) in [5, 5.41) is 0. The SMILES string of the molecule is COCCCOCCOC(=O)/C=C/c1cccc(N)c1. The van der Waals surface area contributed by atoms with Crippen molar-refractivity contribution in [3.05, 3.63) is 35.9 Å². The van der Waals surface area contributed by atoms with E-state index in [-0.39, 0.29) is 6.61 Å². The van der Waals surface area contributed by atoms with Gasteiger partial charge in [-0.3, -0.25) is 0 Å². The van der Waals surface area contributed by atoms with Crippen LogP contribution in [0, 0.1) is 0 Å². The van der Waals surface area contributed by atoms with Crippen LogP contribution in [0.15, 0.2) is 30.3 Å². The number of hydrogen-bond acceptors (Lipinski definition) is 5. The number of rotatable bonds is 9. The fourth-order valence-corrected chi connectivity index (χ4v) is 1.48. The van der Waals surface area contributed by atoms with Crippen LogP contribution >= 0.6 is 0 Å². The summed E-state index contributed by atoms with van der Waals surface area (Å²) in [7, 11) is 1.65. The van der Waals surface area contributed by atoms with Crippen LogP contribution in [0.2, 0.25) is 0 Å². The fraction of sp³-hybridized carbons (Fsp3) is 0.400. The Bertz CT molecular complexity index is 432. The molecule has 2 N–H and O–H groups in total. The molecule has 110 valence electrons. The lowest BCUT2D eigenvalue weighted by Crippen LogP contribution is -2.09. The van der Waals surface area contributed by atoms with Crippen molar-refractivity contribution in [1.82, 2.24) is 0 Å². The molecule has 0 unspecified atom stereocenters. The lowest BCUT2D eigenvalue weighted by molar-refractivity contribution is -0.139. The molecule has 0 spiro atoms. The zero-order valence-corrected chi connectivity index (χ0v) is 11.7. The summed E-state index contributed by atoms with van der Waals surface area (Å²) in [6.45, 7) is 1.90. The zero-order chi connectivity index (χ0) is 14.6. The van der Waals surface area contributed by atoms with Crippen molar-refractivity contribution in [2.75, 3.05) is 39.3 Å². The molecule has 5 nitrogen and oxygen atoms in total. The van der Waals surface area contributed by atoms with Crippen LogP contribution in [-0.2, 0) is 19.0 Å². The summed E-state index contributed by atoms with van der Waals surface area (Å²) < 4.78 is 15.1. The number of esters is 1. The first-order valence-electron chi connectivity index (χ1n) is 6.49. The third-order valence-corrected chi connectivity index (χ3v) is 2.43. The van der Waals surface area contributed by atoms with Crippen LogP contribution in [0.25, 0.3) is 6.08 Å². The molecule has 0 atom stereocenters. The van der Waals surface area contributed by atoms with Crippen molar-refractivity contribution in [1.29, 1.82) is 0 Å². The molecule has 0 radical (unpaired) electrons. The standard InChI is InChI=1S/C15H21NO4/c1-18-8-3-9-19-10-11-20-15(17)7-6-13-4-2-5-14(16)12-13/h2,4-7,12H,3,8-11,16H2,1H3/b7-6+. The molecule has 0 saturated carbocycles. The Labute approximate surface area is 119 Å². The molecular formula is C15H21NO4. The van der Waals surface area contributed by atoms with Crippen LogP contribution in [0.4, 0.5) is 5.69 Å². The van der Waals surface area contributed by atoms with Crippen molar-refractivity contribution in [2.24, 2.45) is 0 Å². The monoisotopic (exact) mass is 279 g/mol. The van der Waals surface area contributed by atoms with Gasteiger partial charge in [0, 0.05) is 32.1 Å². The maximum Gasteiger partial charge on any atom is 0.330 e. The number of anilines is 1. The predicted molar refractivity (Wildman–Crippen MR) is 78.2 cm³/mol. The minimum atomic E-state index is -0.395. The van der Waals surface area contributed by atoms with E-state index in [1.54, 1.807) is 25.3 Å². The van der Waals surface area contributed by atoms with Crippen LogP contribution in [0.3, 0.4) is 0 Å². The summed E-state index contributed by atoms with van der Waals surface area (Å²) >= 11 is 0. The maximum absolute atomic E-state index is 11.4. The molecular weight excluding hydrogens is 258 g/mol. The number of methoxy groups -OCH3 is 1. The second-order valence-electron chi connectivity index (χ2n) is 4.13. The first kappa shape index (κ1) is 16.2. The Morgan fingerprint density at radius 1 is 1.25 bits per heavy atom. The van der Waals surface area contributed by atoms with Gasteiger partial charge in [0.1, 0.15) is 6.61 Å². The van der Waals surface area contributed by atoms with Gasteiger partial charge in [0.05, 0.1) is 6.61 Å². The molecule has 5 heteroatoms. The van der Waals surface area contributed by atoms with Crippen molar-refractivity contribution < 1.29 is 19.0 Å². The summed E-state index contributed by atoms with van der Waals surface area (Å²) in [4.78, 5) is 11.4. The predicted octanol–water partition coefficient (Wildman–Crippen LogP) is 1.88. The van der Waals surface area contributed by atoms with Gasteiger partial charge in [-0.1, -0.05) is 12.1 Å². The Hall–Kier alpha value is -1.85. The van der Waals surface area contributed by atoms with Crippen molar-refractivity contribution >= 4 is 17.7 Å². The largest absolute Gasteiger partial charge is 0.460 e. The highest BCUT2D eigenvalue weighted by Crippen LogP contribution is 2.08. The number of carbonyl (C=O) groups excluding carboxylic acids is 1. The van der Waals surface area contributed by atoms with E-state index in [1.165, 1.54) is 6.08 Å². The average molecular weight is 279 g/mol. The Morgan fingerprint density at radius 3 is 2.85 bits per heavy atom. The number of benzene rings is 1. The molecule has 0 aliphatic rings. The van der Waals surface area contributed by atoms with Crippen LogP contribution in [0.1, 0.15) is 12.0 Å². The summed E-state index contributed by atoms with van der Waals surface area (Å²) in [6.07, 6.45) is 3.87. The van der Waals surface area contributed by atoms with Crippen LogP contribution in [-0.4, -0.2) is 39.5 Å². The first-order valence-corrected chi connectivity index (χ1v) is 6.49. The van der Waals surface area contributed by atoms with Crippen LogP contribution < -0.4 is 5.73 Å². The molecule has 1 aromatic rings. The quantitative estimate of drug-likeness (QED) is 0.323. The van der Waals surface area contributed by atoms with Gasteiger partial charge < -0.3 is 19.9 Å². The van der Waals surface area contributed by atoms with Gasteiger partial charge in [-0.25, -0.2) is 4.79 Å². The molecule has 0 heterocycles. The Balaban J connectivity index is 2.14. The van der Waals surface area contributed by atoms with Gasteiger partial charge >= 0.3 is 5.97 Å². The van der Waals surface area contributed by atoms with E-state index in [1.807, 2.05) is 12.1 Å². The van der Waals surface area contributed by atoms with Gasteiger partial charge in [0.15, 0.2) is 0 Å². The molecule has 1 aromatic carbocycles. The molecule has 0 aliphatic carbocycles. The highest BCUT2D eigenvalue weighted by Gasteiger charge is 1.97. The van der Waals surface area contributed by atoms with Gasteiger partial charge in [0.2, 0.25) is 0 Å². The first-order chi connectivity index (χ1) is 9.72. The zero-order valence-electron chi connectivity index (χ0n) is 11.7. The molecule has 0 amide bonds. The van der Waals surface area contributed by atoms with Gasteiger partial charge in [-0.2, -0.15) is 0 Å². The van der Waals surface area contributed by atoms with E-state index in [9.17, 15) is 4.79 Å². The number of hydrogen-bond donors (Lipinski definition) is 1. The third-order valence-electron chi connectivity index (χ3n) is 2.43. The summed E-state index contributed by atoms with van der Waals surface area (Å²) in [5.74, 6) is -0.395. The average Bonchev–Trinajstić information content (AvgIpc) is 2.44. The van der Waals surface area contributed by atoms with E-state index in [0.717, 1.165) is 12.0 Å². The molecule has 0 bridgehead atoms. The van der Waals surface area contributed by atoms with E-state index >= 15 is 0 Å². The third kappa shape index (κ3) is 7.56. The minimum absolute atomic E-state index is 0.243. The Morgan fingerprint density at radius 2 is 2.10 bits per heavy atom. The topological polar surface area (TPSA) is 70.8 Å². The highest BCUT2D eigenvalue weighted by molar-refractivity contribution is 5.87. The second-order valence-corrected chi connectivity index (χ2v) is 4.13. The normalized spacial score (nSPS) is 10.8. The summed E-state index contributed by atoms with van der Waals surface area (Å²) in [5.41, 5.74) is 7.15. The Kier molecular flexibility index (Phi) is 8.10. The lowest BCUT2D eigenvalue weighted by atomic mass is 10.2. The number of nitrogen functional groups attached to an aromatic ring is 1. The van der Waals surface area contributed by atoms with E-state index < -0.39 is 5.97 Å². The number of nitrogens with two attached hydrogens (primary N) is 1. The fourth-order valence-electron chi connectivity index (χ4n) is 1.48. The molecule has 0 aliphatic heterocycles. The van der Waals surface area contributed by atoms with Crippen LogP contribution in [0.5, 0.6) is 0 Å². The van der Waals surface area contributed by atoms with E-state index in [2.05, 4.69) is 0 Å². The van der Waals surface area contributed by atoms with Crippen molar-refractivity contribution in [3.8, 4) is 0 Å². The molecule has 1 rings (SSSR count). The smallest absolute Gasteiger partial charge is 0.330 e.